The van der Waals surface area contributed by atoms with Gasteiger partial charge in [0.25, 0.3) is 5.91 Å². The second-order valence-electron chi connectivity index (χ2n) is 7.12. The maximum absolute atomic E-state index is 13.2. The van der Waals surface area contributed by atoms with Crippen LogP contribution in [0.15, 0.2) is 36.5 Å². The summed E-state index contributed by atoms with van der Waals surface area (Å²) in [6.45, 7) is 9.24. The van der Waals surface area contributed by atoms with E-state index in [9.17, 15) is 4.79 Å². The highest BCUT2D eigenvalue weighted by molar-refractivity contribution is 6.30. The number of halogens is 1. The van der Waals surface area contributed by atoms with Crippen molar-refractivity contribution < 1.29 is 4.79 Å². The van der Waals surface area contributed by atoms with E-state index in [2.05, 4.69) is 41.9 Å². The number of pyridine rings is 1. The van der Waals surface area contributed by atoms with E-state index in [0.717, 1.165) is 18.8 Å². The highest BCUT2D eigenvalue weighted by Crippen LogP contribution is 2.25. The van der Waals surface area contributed by atoms with Crippen LogP contribution in [0.1, 0.15) is 27.3 Å². The molecule has 0 unspecified atom stereocenters. The zero-order chi connectivity index (χ0) is 19.1. The van der Waals surface area contributed by atoms with Gasteiger partial charge in [0.1, 0.15) is 11.3 Å². The van der Waals surface area contributed by atoms with E-state index in [1.165, 1.54) is 16.8 Å². The number of piperazine rings is 1. The molecular weight excluding hydrogens is 360 g/mol. The maximum Gasteiger partial charge on any atom is 0.272 e. The van der Waals surface area contributed by atoms with Gasteiger partial charge in [-0.05, 0) is 44.0 Å². The Labute approximate surface area is 164 Å². The second kappa shape index (κ2) is 6.89. The summed E-state index contributed by atoms with van der Waals surface area (Å²) in [6, 6.07) is 9.97. The van der Waals surface area contributed by atoms with Gasteiger partial charge < -0.3 is 9.80 Å². The quantitative estimate of drug-likeness (QED) is 0.675. The molecule has 140 valence electrons. The summed E-state index contributed by atoms with van der Waals surface area (Å²) in [5, 5.41) is 0.619. The van der Waals surface area contributed by atoms with E-state index < -0.39 is 0 Å². The van der Waals surface area contributed by atoms with Gasteiger partial charge in [0.15, 0.2) is 0 Å². The highest BCUT2D eigenvalue weighted by Gasteiger charge is 2.26. The van der Waals surface area contributed by atoms with Gasteiger partial charge in [-0.25, -0.2) is 4.98 Å². The first kappa shape index (κ1) is 17.9. The van der Waals surface area contributed by atoms with Gasteiger partial charge >= 0.3 is 0 Å². The van der Waals surface area contributed by atoms with E-state index in [4.69, 9.17) is 11.6 Å². The average molecular weight is 383 g/mol. The third kappa shape index (κ3) is 3.16. The molecule has 0 N–H and O–H groups in total. The molecule has 0 saturated carbocycles. The van der Waals surface area contributed by atoms with Gasteiger partial charge in [-0.1, -0.05) is 23.7 Å². The van der Waals surface area contributed by atoms with E-state index in [1.807, 2.05) is 22.4 Å². The topological polar surface area (TPSA) is 40.8 Å². The minimum Gasteiger partial charge on any atom is -0.368 e. The molecule has 1 saturated heterocycles. The molecular formula is C21H23ClN4O. The Hall–Kier alpha value is -2.53. The van der Waals surface area contributed by atoms with Gasteiger partial charge in [0.2, 0.25) is 0 Å². The fourth-order valence-electron chi connectivity index (χ4n) is 3.77. The SMILES string of the molecule is Cc1cccc(N2CCN(C(=O)c3c(C)nc4cc(Cl)ccn34)CC2)c1C. The van der Waals surface area contributed by atoms with E-state index in [-0.39, 0.29) is 5.91 Å². The van der Waals surface area contributed by atoms with Crippen LogP contribution in [0, 0.1) is 20.8 Å². The van der Waals surface area contributed by atoms with Crippen LogP contribution in [0.25, 0.3) is 5.65 Å². The van der Waals surface area contributed by atoms with Crippen molar-refractivity contribution in [2.24, 2.45) is 0 Å². The third-order valence-electron chi connectivity index (χ3n) is 5.45. The minimum atomic E-state index is 0.0305. The number of carbonyl (C=O) groups is 1. The Morgan fingerprint density at radius 2 is 1.81 bits per heavy atom. The largest absolute Gasteiger partial charge is 0.368 e. The molecule has 6 heteroatoms. The van der Waals surface area contributed by atoms with Crippen LogP contribution in [0.5, 0.6) is 0 Å². The van der Waals surface area contributed by atoms with Crippen LogP contribution in [-0.4, -0.2) is 46.4 Å². The van der Waals surface area contributed by atoms with Crippen LogP contribution in [-0.2, 0) is 0 Å². The number of imidazole rings is 1. The predicted octanol–water partition coefficient (Wildman–Crippen LogP) is 3.88. The van der Waals surface area contributed by atoms with E-state index >= 15 is 0 Å². The summed E-state index contributed by atoms with van der Waals surface area (Å²) < 4.78 is 1.83. The van der Waals surface area contributed by atoms with Gasteiger partial charge in [-0.3, -0.25) is 9.20 Å². The molecule has 4 rings (SSSR count). The predicted molar refractivity (Wildman–Crippen MR) is 109 cm³/mol. The van der Waals surface area contributed by atoms with Crippen molar-refractivity contribution >= 4 is 28.8 Å². The highest BCUT2D eigenvalue weighted by atomic mass is 35.5. The van der Waals surface area contributed by atoms with Crippen LogP contribution >= 0.6 is 11.6 Å². The van der Waals surface area contributed by atoms with Gasteiger partial charge in [-0.15, -0.1) is 0 Å². The summed E-state index contributed by atoms with van der Waals surface area (Å²) in [6.07, 6.45) is 1.82. The Kier molecular flexibility index (Phi) is 4.56. The van der Waals surface area contributed by atoms with Crippen LogP contribution in [0.2, 0.25) is 5.02 Å². The fraction of sp³-hybridized carbons (Fsp3) is 0.333. The Bertz CT molecular complexity index is 1020. The van der Waals surface area contributed by atoms with Crippen molar-refractivity contribution in [3.8, 4) is 0 Å². The van der Waals surface area contributed by atoms with E-state index in [0.29, 0.717) is 29.5 Å². The van der Waals surface area contributed by atoms with Crippen molar-refractivity contribution in [3.63, 3.8) is 0 Å². The standard InChI is InChI=1S/C21H23ClN4O/c1-14-5-4-6-18(15(14)2)24-9-11-25(12-10-24)21(27)20-16(3)23-19-13-17(22)7-8-26(19)20/h4-8,13H,9-12H2,1-3H3. The molecule has 2 aromatic heterocycles. The average Bonchev–Trinajstić information content (AvgIpc) is 2.98. The minimum absolute atomic E-state index is 0.0305. The first-order valence-corrected chi connectivity index (χ1v) is 9.58. The number of hydrogen-bond donors (Lipinski definition) is 0. The van der Waals surface area contributed by atoms with Crippen LogP contribution in [0.4, 0.5) is 5.69 Å². The first-order chi connectivity index (χ1) is 13.0. The fourth-order valence-corrected chi connectivity index (χ4v) is 3.93. The summed E-state index contributed by atoms with van der Waals surface area (Å²) in [5.74, 6) is 0.0305. The number of anilines is 1. The molecule has 3 aromatic rings. The summed E-state index contributed by atoms with van der Waals surface area (Å²) in [4.78, 5) is 21.9. The normalized spacial score (nSPS) is 14.8. The number of nitrogens with zero attached hydrogens (tertiary/aromatic N) is 4. The summed E-state index contributed by atoms with van der Waals surface area (Å²) in [7, 11) is 0. The molecule has 1 aliphatic heterocycles. The Morgan fingerprint density at radius 1 is 1.07 bits per heavy atom. The molecule has 0 aliphatic carbocycles. The molecule has 0 bridgehead atoms. The molecule has 0 atom stereocenters. The van der Waals surface area contributed by atoms with Crippen molar-refractivity contribution in [1.29, 1.82) is 0 Å². The van der Waals surface area contributed by atoms with Gasteiger partial charge in [0, 0.05) is 49.2 Å². The molecule has 1 aromatic carbocycles. The molecule has 0 spiro atoms. The van der Waals surface area contributed by atoms with Gasteiger partial charge in [0.05, 0.1) is 5.69 Å². The lowest BCUT2D eigenvalue weighted by atomic mass is 10.1. The number of amides is 1. The zero-order valence-electron chi connectivity index (χ0n) is 15.9. The molecule has 0 radical (unpaired) electrons. The number of aryl methyl sites for hydroxylation is 2. The number of fused-ring (bicyclic) bond motifs is 1. The van der Waals surface area contributed by atoms with Crippen LogP contribution < -0.4 is 4.90 Å². The van der Waals surface area contributed by atoms with Crippen molar-refractivity contribution in [1.82, 2.24) is 14.3 Å². The lowest BCUT2D eigenvalue weighted by Crippen LogP contribution is -2.49. The van der Waals surface area contributed by atoms with Crippen molar-refractivity contribution in [3.05, 3.63) is 64.1 Å². The monoisotopic (exact) mass is 382 g/mol. The van der Waals surface area contributed by atoms with Crippen LogP contribution in [0.3, 0.4) is 0 Å². The second-order valence-corrected chi connectivity index (χ2v) is 7.55. The smallest absolute Gasteiger partial charge is 0.272 e. The molecule has 27 heavy (non-hydrogen) atoms. The number of hydrogen-bond acceptors (Lipinski definition) is 3. The zero-order valence-corrected chi connectivity index (χ0v) is 16.6. The molecule has 3 heterocycles. The molecule has 1 amide bonds. The third-order valence-corrected chi connectivity index (χ3v) is 5.68. The number of rotatable bonds is 2. The lowest BCUT2D eigenvalue weighted by Gasteiger charge is -2.37. The summed E-state index contributed by atoms with van der Waals surface area (Å²) >= 11 is 6.05. The van der Waals surface area contributed by atoms with Crippen molar-refractivity contribution in [2.75, 3.05) is 31.1 Å². The molecule has 5 nitrogen and oxygen atoms in total. The van der Waals surface area contributed by atoms with E-state index in [1.54, 1.807) is 12.1 Å². The first-order valence-electron chi connectivity index (χ1n) is 9.20. The summed E-state index contributed by atoms with van der Waals surface area (Å²) in [5.41, 5.74) is 5.94. The number of aromatic nitrogens is 2. The van der Waals surface area contributed by atoms with Crippen molar-refractivity contribution in [2.45, 2.75) is 20.8 Å². The number of benzene rings is 1. The van der Waals surface area contributed by atoms with Gasteiger partial charge in [-0.2, -0.15) is 0 Å². The molecule has 1 fully saturated rings. The lowest BCUT2D eigenvalue weighted by molar-refractivity contribution is 0.0739. The number of carbonyl (C=O) groups excluding carboxylic acids is 1. The Morgan fingerprint density at radius 3 is 2.56 bits per heavy atom. The Balaban J connectivity index is 1.54. The molecule has 1 aliphatic rings. The maximum atomic E-state index is 13.2.